The van der Waals surface area contributed by atoms with E-state index in [1.807, 2.05) is 44.2 Å². The SMILES string of the molecule is CC(C)NC(=O)c1c(-c2ccccc2)cc[nH]c1=O. The molecule has 2 rings (SSSR count). The van der Waals surface area contributed by atoms with Gasteiger partial charge >= 0.3 is 0 Å². The van der Waals surface area contributed by atoms with Crippen LogP contribution < -0.4 is 10.9 Å². The van der Waals surface area contributed by atoms with E-state index in [1.54, 1.807) is 12.3 Å². The van der Waals surface area contributed by atoms with Gasteiger partial charge in [-0.3, -0.25) is 9.59 Å². The van der Waals surface area contributed by atoms with Crippen LogP contribution in [-0.2, 0) is 0 Å². The highest BCUT2D eigenvalue weighted by Crippen LogP contribution is 2.20. The number of hydrogen-bond acceptors (Lipinski definition) is 2. The second kappa shape index (κ2) is 5.52. The quantitative estimate of drug-likeness (QED) is 0.884. The van der Waals surface area contributed by atoms with E-state index in [4.69, 9.17) is 0 Å². The number of benzene rings is 1. The number of nitrogens with one attached hydrogen (secondary N) is 2. The van der Waals surface area contributed by atoms with E-state index in [-0.39, 0.29) is 23.1 Å². The van der Waals surface area contributed by atoms with Gasteiger partial charge in [0.25, 0.3) is 11.5 Å². The molecule has 0 atom stereocenters. The minimum Gasteiger partial charge on any atom is -0.350 e. The van der Waals surface area contributed by atoms with Crippen molar-refractivity contribution in [2.45, 2.75) is 19.9 Å². The van der Waals surface area contributed by atoms with Crippen molar-refractivity contribution in [1.82, 2.24) is 10.3 Å². The average Bonchev–Trinajstić information content (AvgIpc) is 2.38. The fraction of sp³-hybridized carbons (Fsp3) is 0.200. The topological polar surface area (TPSA) is 62.0 Å². The van der Waals surface area contributed by atoms with Gasteiger partial charge in [-0.25, -0.2) is 0 Å². The molecule has 0 radical (unpaired) electrons. The maximum absolute atomic E-state index is 12.1. The Morgan fingerprint density at radius 3 is 2.47 bits per heavy atom. The van der Waals surface area contributed by atoms with E-state index in [0.717, 1.165) is 5.56 Å². The highest BCUT2D eigenvalue weighted by atomic mass is 16.2. The van der Waals surface area contributed by atoms with E-state index in [1.165, 1.54) is 0 Å². The van der Waals surface area contributed by atoms with Crippen molar-refractivity contribution in [3.8, 4) is 11.1 Å². The Hall–Kier alpha value is -2.36. The lowest BCUT2D eigenvalue weighted by atomic mass is 10.0. The fourth-order valence-electron chi connectivity index (χ4n) is 1.90. The summed E-state index contributed by atoms with van der Waals surface area (Å²) in [5.74, 6) is -0.351. The zero-order valence-electron chi connectivity index (χ0n) is 10.9. The van der Waals surface area contributed by atoms with Crippen molar-refractivity contribution in [2.75, 3.05) is 0 Å². The van der Waals surface area contributed by atoms with Gasteiger partial charge in [-0.2, -0.15) is 0 Å². The molecule has 19 heavy (non-hydrogen) atoms. The van der Waals surface area contributed by atoms with Gasteiger partial charge in [-0.05, 0) is 25.5 Å². The first-order valence-electron chi connectivity index (χ1n) is 6.17. The number of pyridine rings is 1. The average molecular weight is 256 g/mol. The van der Waals surface area contributed by atoms with Gasteiger partial charge in [-0.1, -0.05) is 30.3 Å². The molecule has 0 aliphatic heterocycles. The summed E-state index contributed by atoms with van der Waals surface area (Å²) >= 11 is 0. The van der Waals surface area contributed by atoms with E-state index in [2.05, 4.69) is 10.3 Å². The summed E-state index contributed by atoms with van der Waals surface area (Å²) in [6.45, 7) is 3.72. The largest absolute Gasteiger partial charge is 0.350 e. The van der Waals surface area contributed by atoms with Gasteiger partial charge in [0.05, 0.1) is 0 Å². The number of aromatic nitrogens is 1. The zero-order chi connectivity index (χ0) is 13.8. The summed E-state index contributed by atoms with van der Waals surface area (Å²) in [5.41, 5.74) is 1.27. The summed E-state index contributed by atoms with van der Waals surface area (Å²) in [4.78, 5) is 26.6. The van der Waals surface area contributed by atoms with E-state index in [0.29, 0.717) is 5.56 Å². The van der Waals surface area contributed by atoms with Crippen molar-refractivity contribution in [1.29, 1.82) is 0 Å². The van der Waals surface area contributed by atoms with Gasteiger partial charge < -0.3 is 10.3 Å². The normalized spacial score (nSPS) is 10.5. The lowest BCUT2D eigenvalue weighted by Gasteiger charge is -2.11. The van der Waals surface area contributed by atoms with Crippen LogP contribution in [0.4, 0.5) is 0 Å². The lowest BCUT2D eigenvalue weighted by Crippen LogP contribution is -2.34. The Kier molecular flexibility index (Phi) is 3.80. The molecule has 0 saturated carbocycles. The Bertz CT molecular complexity index is 630. The van der Waals surface area contributed by atoms with Crippen LogP contribution in [0.3, 0.4) is 0 Å². The standard InChI is InChI=1S/C15H16N2O2/c1-10(2)17-15(19)13-12(8-9-16-14(13)18)11-6-4-3-5-7-11/h3-10H,1-2H3,(H,16,18)(H,17,19). The number of aromatic amines is 1. The molecule has 4 nitrogen and oxygen atoms in total. The third-order valence-corrected chi connectivity index (χ3v) is 2.69. The molecule has 2 aromatic rings. The fourth-order valence-corrected chi connectivity index (χ4v) is 1.90. The molecule has 0 saturated heterocycles. The van der Waals surface area contributed by atoms with Gasteiger partial charge in [0, 0.05) is 17.8 Å². The van der Waals surface area contributed by atoms with Gasteiger partial charge in [0.15, 0.2) is 0 Å². The molecule has 1 amide bonds. The molecule has 0 unspecified atom stereocenters. The predicted octanol–water partition coefficient (Wildman–Crippen LogP) is 2.18. The van der Waals surface area contributed by atoms with Crippen LogP contribution in [0.2, 0.25) is 0 Å². The van der Waals surface area contributed by atoms with Crippen LogP contribution in [0.1, 0.15) is 24.2 Å². The van der Waals surface area contributed by atoms with Gasteiger partial charge in [-0.15, -0.1) is 0 Å². The third kappa shape index (κ3) is 2.91. The number of carbonyl (C=O) groups excluding carboxylic acids is 1. The van der Waals surface area contributed by atoms with Crippen LogP contribution >= 0.6 is 0 Å². The molecule has 0 aliphatic rings. The maximum Gasteiger partial charge on any atom is 0.261 e. The monoisotopic (exact) mass is 256 g/mol. The Balaban J connectivity index is 2.54. The Morgan fingerprint density at radius 2 is 1.84 bits per heavy atom. The minimum absolute atomic E-state index is 0.0178. The second-order valence-electron chi connectivity index (χ2n) is 4.59. The van der Waals surface area contributed by atoms with Crippen LogP contribution in [0.5, 0.6) is 0 Å². The highest BCUT2D eigenvalue weighted by Gasteiger charge is 2.17. The molecule has 4 heteroatoms. The lowest BCUT2D eigenvalue weighted by molar-refractivity contribution is 0.0942. The van der Waals surface area contributed by atoms with Gasteiger partial charge in [0.2, 0.25) is 0 Å². The summed E-state index contributed by atoms with van der Waals surface area (Å²) in [5, 5.41) is 2.75. The number of rotatable bonds is 3. The molecule has 1 aromatic heterocycles. The molecular formula is C15H16N2O2. The van der Waals surface area contributed by atoms with Crippen molar-refractivity contribution in [3.05, 3.63) is 58.5 Å². The number of carbonyl (C=O) groups is 1. The number of hydrogen-bond donors (Lipinski definition) is 2. The van der Waals surface area contributed by atoms with Crippen LogP contribution in [-0.4, -0.2) is 16.9 Å². The molecule has 0 spiro atoms. The Morgan fingerprint density at radius 1 is 1.16 bits per heavy atom. The first kappa shape index (κ1) is 13.1. The summed E-state index contributed by atoms with van der Waals surface area (Å²) in [6, 6.07) is 11.1. The van der Waals surface area contributed by atoms with Crippen LogP contribution in [0.25, 0.3) is 11.1 Å². The smallest absolute Gasteiger partial charge is 0.261 e. The van der Waals surface area contributed by atoms with E-state index < -0.39 is 0 Å². The van der Waals surface area contributed by atoms with Crippen molar-refractivity contribution >= 4 is 5.91 Å². The first-order valence-corrected chi connectivity index (χ1v) is 6.17. The molecule has 2 N–H and O–H groups in total. The third-order valence-electron chi connectivity index (χ3n) is 2.69. The molecule has 1 heterocycles. The maximum atomic E-state index is 12.1. The molecule has 1 aromatic carbocycles. The van der Waals surface area contributed by atoms with Crippen LogP contribution in [0.15, 0.2) is 47.4 Å². The summed E-state index contributed by atoms with van der Waals surface area (Å²) in [7, 11) is 0. The van der Waals surface area contributed by atoms with Crippen molar-refractivity contribution in [3.63, 3.8) is 0 Å². The number of amides is 1. The molecule has 0 fully saturated rings. The highest BCUT2D eigenvalue weighted by molar-refractivity contribution is 6.00. The van der Waals surface area contributed by atoms with E-state index in [9.17, 15) is 9.59 Å². The molecular weight excluding hydrogens is 240 g/mol. The molecule has 98 valence electrons. The minimum atomic E-state index is -0.375. The summed E-state index contributed by atoms with van der Waals surface area (Å²) in [6.07, 6.45) is 1.55. The zero-order valence-corrected chi connectivity index (χ0v) is 10.9. The first-order chi connectivity index (χ1) is 9.09. The number of H-pyrrole nitrogens is 1. The molecule has 0 bridgehead atoms. The van der Waals surface area contributed by atoms with E-state index >= 15 is 0 Å². The molecule has 0 aliphatic carbocycles. The van der Waals surface area contributed by atoms with Gasteiger partial charge in [0.1, 0.15) is 5.56 Å². The van der Waals surface area contributed by atoms with Crippen molar-refractivity contribution < 1.29 is 4.79 Å². The van der Waals surface area contributed by atoms with Crippen molar-refractivity contribution in [2.24, 2.45) is 0 Å². The Labute approximate surface area is 111 Å². The second-order valence-corrected chi connectivity index (χ2v) is 4.59. The van der Waals surface area contributed by atoms with Crippen LogP contribution in [0, 0.1) is 0 Å². The predicted molar refractivity (Wildman–Crippen MR) is 75.1 cm³/mol. The summed E-state index contributed by atoms with van der Waals surface area (Å²) < 4.78 is 0.